The number of amides is 1. The molecule has 0 unspecified atom stereocenters. The average Bonchev–Trinajstić information content (AvgIpc) is 3.27. The summed E-state index contributed by atoms with van der Waals surface area (Å²) < 4.78 is 18.5. The van der Waals surface area contributed by atoms with Crippen LogP contribution in [0.1, 0.15) is 24.0 Å². The number of furan rings is 1. The molecule has 5 heteroatoms. The lowest BCUT2D eigenvalue weighted by atomic mass is 9.85. The van der Waals surface area contributed by atoms with Crippen LogP contribution < -0.4 is 0 Å². The van der Waals surface area contributed by atoms with Crippen LogP contribution in [0.25, 0.3) is 0 Å². The van der Waals surface area contributed by atoms with Gasteiger partial charge in [-0.2, -0.15) is 0 Å². The minimum atomic E-state index is -0.253. The Labute approximate surface area is 140 Å². The van der Waals surface area contributed by atoms with Crippen molar-refractivity contribution in [3.8, 4) is 0 Å². The fourth-order valence-electron chi connectivity index (χ4n) is 4.01. The van der Waals surface area contributed by atoms with E-state index in [2.05, 4.69) is 4.90 Å². The molecule has 1 aromatic carbocycles. The van der Waals surface area contributed by atoms with Gasteiger partial charge in [0.2, 0.25) is 5.91 Å². The zero-order chi connectivity index (χ0) is 16.6. The van der Waals surface area contributed by atoms with Gasteiger partial charge in [0.05, 0.1) is 17.9 Å². The number of carbonyl (C=O) groups is 1. The molecule has 0 saturated carbocycles. The van der Waals surface area contributed by atoms with Gasteiger partial charge in [-0.05, 0) is 43.1 Å². The van der Waals surface area contributed by atoms with Crippen molar-refractivity contribution in [3.63, 3.8) is 0 Å². The first-order valence-electron chi connectivity index (χ1n) is 8.42. The van der Waals surface area contributed by atoms with Crippen molar-refractivity contribution < 1.29 is 13.6 Å². The molecule has 24 heavy (non-hydrogen) atoms. The van der Waals surface area contributed by atoms with Gasteiger partial charge in [-0.3, -0.25) is 9.69 Å². The van der Waals surface area contributed by atoms with Crippen LogP contribution >= 0.6 is 0 Å². The van der Waals surface area contributed by atoms with E-state index in [1.807, 2.05) is 17.0 Å². The van der Waals surface area contributed by atoms with Gasteiger partial charge >= 0.3 is 0 Å². The van der Waals surface area contributed by atoms with Gasteiger partial charge in [0.15, 0.2) is 0 Å². The molecule has 1 amide bonds. The standard InChI is InChI=1S/C19H21FN2O2/c20-17-3-1-2-15(10-17)12-22-8-6-19(18(22)23)5-7-21(14-19)11-16-4-9-24-13-16/h1-4,9-10,13H,5-8,11-12,14H2/t19-/m1/s1. The Hall–Kier alpha value is -2.14. The van der Waals surface area contributed by atoms with Crippen LogP contribution in [0.4, 0.5) is 4.39 Å². The zero-order valence-electron chi connectivity index (χ0n) is 13.6. The second-order valence-electron chi connectivity index (χ2n) is 6.98. The first kappa shape index (κ1) is 15.4. The second-order valence-corrected chi connectivity index (χ2v) is 6.98. The molecule has 2 saturated heterocycles. The molecule has 2 aliphatic rings. The Morgan fingerprint density at radius 3 is 2.79 bits per heavy atom. The number of hydrogen-bond acceptors (Lipinski definition) is 3. The zero-order valence-corrected chi connectivity index (χ0v) is 13.6. The number of likely N-dealkylation sites (tertiary alicyclic amines) is 2. The number of hydrogen-bond donors (Lipinski definition) is 0. The molecule has 4 rings (SSSR count). The van der Waals surface area contributed by atoms with Gasteiger partial charge in [-0.15, -0.1) is 0 Å². The van der Waals surface area contributed by atoms with E-state index in [9.17, 15) is 9.18 Å². The Kier molecular flexibility index (Phi) is 3.88. The van der Waals surface area contributed by atoms with Crippen LogP contribution in [0.5, 0.6) is 0 Å². The van der Waals surface area contributed by atoms with Crippen molar-refractivity contribution in [1.29, 1.82) is 0 Å². The summed E-state index contributed by atoms with van der Waals surface area (Å²) in [6.07, 6.45) is 5.24. The molecule has 1 aromatic heterocycles. The number of carbonyl (C=O) groups excluding carboxylic acids is 1. The molecule has 0 aliphatic carbocycles. The van der Waals surface area contributed by atoms with Crippen molar-refractivity contribution in [3.05, 3.63) is 59.8 Å². The number of nitrogens with zero attached hydrogens (tertiary/aromatic N) is 2. The molecular weight excluding hydrogens is 307 g/mol. The first-order valence-corrected chi connectivity index (χ1v) is 8.42. The lowest BCUT2D eigenvalue weighted by molar-refractivity contribution is -0.136. The Morgan fingerprint density at radius 1 is 1.12 bits per heavy atom. The smallest absolute Gasteiger partial charge is 0.230 e. The van der Waals surface area contributed by atoms with Gasteiger partial charge in [0.1, 0.15) is 5.82 Å². The molecule has 0 radical (unpaired) electrons. The fraction of sp³-hybridized carbons (Fsp3) is 0.421. The highest BCUT2D eigenvalue weighted by Gasteiger charge is 2.50. The van der Waals surface area contributed by atoms with Gasteiger partial charge < -0.3 is 9.32 Å². The summed E-state index contributed by atoms with van der Waals surface area (Å²) >= 11 is 0. The van der Waals surface area contributed by atoms with E-state index in [-0.39, 0.29) is 17.1 Å². The van der Waals surface area contributed by atoms with Crippen molar-refractivity contribution in [2.75, 3.05) is 19.6 Å². The van der Waals surface area contributed by atoms with Gasteiger partial charge in [0.25, 0.3) is 0 Å². The van der Waals surface area contributed by atoms with Crippen LogP contribution in [-0.2, 0) is 17.9 Å². The normalized spacial score (nSPS) is 24.4. The largest absolute Gasteiger partial charge is 0.472 e. The predicted molar refractivity (Wildman–Crippen MR) is 87.5 cm³/mol. The summed E-state index contributed by atoms with van der Waals surface area (Å²) in [6, 6.07) is 8.49. The highest BCUT2D eigenvalue weighted by Crippen LogP contribution is 2.41. The van der Waals surface area contributed by atoms with E-state index in [1.54, 1.807) is 18.6 Å². The summed E-state index contributed by atoms with van der Waals surface area (Å²) in [6.45, 7) is 3.83. The van der Waals surface area contributed by atoms with Crippen molar-refractivity contribution in [1.82, 2.24) is 9.80 Å². The van der Waals surface area contributed by atoms with E-state index in [0.29, 0.717) is 6.54 Å². The highest BCUT2D eigenvalue weighted by atomic mass is 19.1. The molecule has 0 N–H and O–H groups in total. The van der Waals surface area contributed by atoms with E-state index < -0.39 is 0 Å². The van der Waals surface area contributed by atoms with E-state index in [4.69, 9.17) is 4.42 Å². The minimum absolute atomic E-state index is 0.224. The number of benzene rings is 1. The SMILES string of the molecule is O=C1N(Cc2cccc(F)c2)CC[C@@]12CCN(Cc1ccoc1)C2. The van der Waals surface area contributed by atoms with Crippen LogP contribution in [0.15, 0.2) is 47.3 Å². The number of rotatable bonds is 4. The Balaban J connectivity index is 1.41. The molecule has 2 fully saturated rings. The van der Waals surface area contributed by atoms with Crippen molar-refractivity contribution in [2.24, 2.45) is 5.41 Å². The molecule has 0 bridgehead atoms. The summed E-state index contributed by atoms with van der Waals surface area (Å²) in [5.74, 6) is -0.0255. The van der Waals surface area contributed by atoms with Crippen LogP contribution in [0, 0.1) is 11.2 Å². The van der Waals surface area contributed by atoms with Crippen LogP contribution in [0.2, 0.25) is 0 Å². The lowest BCUT2D eigenvalue weighted by Gasteiger charge is -2.23. The summed E-state index contributed by atoms with van der Waals surface area (Å²) in [5.41, 5.74) is 1.75. The molecular formula is C19H21FN2O2. The summed E-state index contributed by atoms with van der Waals surface area (Å²) in [4.78, 5) is 17.2. The predicted octanol–water partition coefficient (Wildman–Crippen LogP) is 3.04. The number of halogens is 1. The third kappa shape index (κ3) is 2.84. The average molecular weight is 328 g/mol. The monoisotopic (exact) mass is 328 g/mol. The molecule has 4 nitrogen and oxygen atoms in total. The second kappa shape index (κ2) is 6.06. The van der Waals surface area contributed by atoms with Crippen LogP contribution in [-0.4, -0.2) is 35.3 Å². The van der Waals surface area contributed by atoms with E-state index in [1.165, 1.54) is 12.1 Å². The lowest BCUT2D eigenvalue weighted by Crippen LogP contribution is -2.36. The molecule has 3 heterocycles. The van der Waals surface area contributed by atoms with Gasteiger partial charge in [-0.1, -0.05) is 12.1 Å². The van der Waals surface area contributed by atoms with Crippen molar-refractivity contribution in [2.45, 2.75) is 25.9 Å². The van der Waals surface area contributed by atoms with E-state index >= 15 is 0 Å². The molecule has 126 valence electrons. The first-order chi connectivity index (χ1) is 11.6. The molecule has 1 spiro atoms. The maximum absolute atomic E-state index is 13.3. The molecule has 1 atom stereocenters. The Morgan fingerprint density at radius 2 is 2.00 bits per heavy atom. The maximum atomic E-state index is 13.3. The topological polar surface area (TPSA) is 36.7 Å². The third-order valence-corrected chi connectivity index (χ3v) is 5.28. The quantitative estimate of drug-likeness (QED) is 0.865. The fourth-order valence-corrected chi connectivity index (χ4v) is 4.01. The Bertz CT molecular complexity index is 731. The summed E-state index contributed by atoms with van der Waals surface area (Å²) in [5, 5.41) is 0. The molecule has 2 aliphatic heterocycles. The minimum Gasteiger partial charge on any atom is -0.472 e. The molecule has 2 aromatic rings. The van der Waals surface area contributed by atoms with Crippen LogP contribution in [0.3, 0.4) is 0 Å². The third-order valence-electron chi connectivity index (χ3n) is 5.28. The van der Waals surface area contributed by atoms with Gasteiger partial charge in [0, 0.05) is 31.7 Å². The highest BCUT2D eigenvalue weighted by molar-refractivity contribution is 5.85. The van der Waals surface area contributed by atoms with E-state index in [0.717, 1.165) is 50.1 Å². The maximum Gasteiger partial charge on any atom is 0.230 e. The van der Waals surface area contributed by atoms with Crippen molar-refractivity contribution >= 4 is 5.91 Å². The van der Waals surface area contributed by atoms with Gasteiger partial charge in [-0.25, -0.2) is 4.39 Å². The summed E-state index contributed by atoms with van der Waals surface area (Å²) in [7, 11) is 0.